The second kappa shape index (κ2) is 7.05. The van der Waals surface area contributed by atoms with Crippen LogP contribution in [0.15, 0.2) is 48.7 Å². The van der Waals surface area contributed by atoms with Crippen molar-refractivity contribution in [3.63, 3.8) is 0 Å². The summed E-state index contributed by atoms with van der Waals surface area (Å²) in [4.78, 5) is 4.48. The third-order valence-corrected chi connectivity index (χ3v) is 8.14. The van der Waals surface area contributed by atoms with E-state index in [1.165, 1.54) is 44.2 Å². The number of pyridine rings is 1. The molecular weight excluding hydrogens is 328 g/mol. The van der Waals surface area contributed by atoms with Gasteiger partial charge >= 0.3 is 0 Å². The van der Waals surface area contributed by atoms with Gasteiger partial charge in [0.25, 0.3) is 0 Å². The molecule has 3 aliphatic rings. The van der Waals surface area contributed by atoms with E-state index in [9.17, 15) is 0 Å². The van der Waals surface area contributed by atoms with Gasteiger partial charge in [0.1, 0.15) is 0 Å². The Kier molecular flexibility index (Phi) is 4.55. The molecule has 3 aliphatic carbocycles. The van der Waals surface area contributed by atoms with Crippen molar-refractivity contribution in [3.05, 3.63) is 65.5 Å². The van der Waals surface area contributed by atoms with Crippen LogP contribution in [0.5, 0.6) is 0 Å². The number of benzene rings is 1. The van der Waals surface area contributed by atoms with Gasteiger partial charge < -0.3 is 5.32 Å². The van der Waals surface area contributed by atoms with E-state index in [1.807, 2.05) is 12.3 Å². The Morgan fingerprint density at radius 3 is 2.81 bits per heavy atom. The van der Waals surface area contributed by atoms with Crippen molar-refractivity contribution in [1.82, 2.24) is 10.3 Å². The zero-order chi connectivity index (χ0) is 18.3. The molecule has 5 rings (SSSR count). The third-order valence-electron chi connectivity index (χ3n) is 8.14. The van der Waals surface area contributed by atoms with E-state index in [1.54, 1.807) is 11.1 Å². The van der Waals surface area contributed by atoms with Crippen molar-refractivity contribution < 1.29 is 0 Å². The van der Waals surface area contributed by atoms with Gasteiger partial charge in [0, 0.05) is 30.9 Å². The van der Waals surface area contributed by atoms with Crippen LogP contribution in [0.3, 0.4) is 0 Å². The summed E-state index contributed by atoms with van der Waals surface area (Å²) in [5.41, 5.74) is 5.00. The van der Waals surface area contributed by atoms with Crippen molar-refractivity contribution in [3.8, 4) is 0 Å². The minimum atomic E-state index is 0.484. The van der Waals surface area contributed by atoms with E-state index in [0.717, 1.165) is 30.7 Å². The topological polar surface area (TPSA) is 24.9 Å². The van der Waals surface area contributed by atoms with Gasteiger partial charge in [-0.05, 0) is 85.0 Å². The average Bonchev–Trinajstić information content (AvgIpc) is 3.05. The molecular formula is C25H32N2. The van der Waals surface area contributed by atoms with Crippen molar-refractivity contribution in [2.45, 2.75) is 63.8 Å². The van der Waals surface area contributed by atoms with E-state index in [-0.39, 0.29) is 0 Å². The molecule has 2 fully saturated rings. The largest absolute Gasteiger partial charge is 0.313 e. The fourth-order valence-electron chi connectivity index (χ4n) is 6.78. The normalized spacial score (nSPS) is 34.6. The molecule has 1 heterocycles. The summed E-state index contributed by atoms with van der Waals surface area (Å²) in [5.74, 6) is 2.62. The fraction of sp³-hybridized carbons (Fsp3) is 0.560. The number of hydrogen-bond acceptors (Lipinski definition) is 2. The monoisotopic (exact) mass is 360 g/mol. The van der Waals surface area contributed by atoms with Crippen molar-refractivity contribution >= 4 is 0 Å². The van der Waals surface area contributed by atoms with Crippen LogP contribution in [0, 0.1) is 17.3 Å². The van der Waals surface area contributed by atoms with Crippen molar-refractivity contribution in [2.75, 3.05) is 6.54 Å². The molecule has 1 aromatic heterocycles. The van der Waals surface area contributed by atoms with E-state index < -0.39 is 0 Å². The van der Waals surface area contributed by atoms with Gasteiger partial charge in [-0.1, -0.05) is 37.3 Å². The third kappa shape index (κ3) is 3.02. The summed E-state index contributed by atoms with van der Waals surface area (Å²) in [6.07, 6.45) is 11.2. The number of nitrogens with one attached hydrogen (secondary N) is 1. The molecule has 5 atom stereocenters. The molecule has 0 amide bonds. The maximum atomic E-state index is 4.48. The first-order valence-corrected chi connectivity index (χ1v) is 11.0. The number of aryl methyl sites for hydroxylation is 1. The van der Waals surface area contributed by atoms with E-state index in [0.29, 0.717) is 11.5 Å². The second-order valence-corrected chi connectivity index (χ2v) is 9.31. The molecule has 0 bridgehead atoms. The number of aromatic nitrogens is 1. The molecule has 2 heteroatoms. The van der Waals surface area contributed by atoms with Crippen LogP contribution in [0.4, 0.5) is 0 Å². The van der Waals surface area contributed by atoms with Gasteiger partial charge in [0.2, 0.25) is 0 Å². The molecule has 2 aromatic rings. The molecule has 2 nitrogen and oxygen atoms in total. The first kappa shape index (κ1) is 17.4. The Labute approximate surface area is 163 Å². The number of nitrogens with zero attached hydrogens (tertiary/aromatic N) is 1. The molecule has 0 saturated heterocycles. The van der Waals surface area contributed by atoms with Gasteiger partial charge in [0.05, 0.1) is 0 Å². The zero-order valence-electron chi connectivity index (χ0n) is 16.5. The zero-order valence-corrected chi connectivity index (χ0v) is 16.5. The maximum Gasteiger partial charge on any atom is 0.0416 e. The van der Waals surface area contributed by atoms with Crippen LogP contribution in [0.1, 0.15) is 61.8 Å². The Morgan fingerprint density at radius 2 is 1.93 bits per heavy atom. The summed E-state index contributed by atoms with van der Waals surface area (Å²) in [6, 6.07) is 16.2. The van der Waals surface area contributed by atoms with Crippen LogP contribution in [0.2, 0.25) is 0 Å². The van der Waals surface area contributed by atoms with Gasteiger partial charge in [-0.2, -0.15) is 0 Å². The van der Waals surface area contributed by atoms with Gasteiger partial charge in [0.15, 0.2) is 0 Å². The predicted octanol–water partition coefficient (Wildman–Crippen LogP) is 5.14. The summed E-state index contributed by atoms with van der Waals surface area (Å²) in [6.45, 7) is 3.65. The van der Waals surface area contributed by atoms with Crippen LogP contribution >= 0.6 is 0 Å². The maximum absolute atomic E-state index is 4.48. The molecule has 27 heavy (non-hydrogen) atoms. The Morgan fingerprint density at radius 1 is 1.04 bits per heavy atom. The highest BCUT2D eigenvalue weighted by atomic mass is 14.9. The van der Waals surface area contributed by atoms with Crippen LogP contribution in [-0.4, -0.2) is 17.6 Å². The quantitative estimate of drug-likeness (QED) is 0.817. The van der Waals surface area contributed by atoms with Crippen molar-refractivity contribution in [2.24, 2.45) is 17.3 Å². The van der Waals surface area contributed by atoms with Crippen LogP contribution in [-0.2, 0) is 12.8 Å². The molecule has 0 unspecified atom stereocenters. The van der Waals surface area contributed by atoms with Crippen LogP contribution in [0.25, 0.3) is 0 Å². The Balaban J connectivity index is 1.28. The lowest BCUT2D eigenvalue weighted by Gasteiger charge is -2.51. The molecule has 0 radical (unpaired) electrons. The minimum Gasteiger partial charge on any atom is -0.313 e. The van der Waals surface area contributed by atoms with Gasteiger partial charge in [-0.3, -0.25) is 4.98 Å². The number of hydrogen-bond donors (Lipinski definition) is 1. The lowest BCUT2D eigenvalue weighted by molar-refractivity contribution is 0.0414. The Hall–Kier alpha value is -1.67. The highest BCUT2D eigenvalue weighted by Crippen LogP contribution is 2.60. The van der Waals surface area contributed by atoms with Gasteiger partial charge in [-0.25, -0.2) is 0 Å². The Bertz CT molecular complexity index is 786. The summed E-state index contributed by atoms with van der Waals surface area (Å²) in [7, 11) is 0. The molecule has 0 spiro atoms. The van der Waals surface area contributed by atoms with E-state index in [2.05, 4.69) is 53.6 Å². The number of fused-ring (bicyclic) bond motifs is 5. The first-order chi connectivity index (χ1) is 13.3. The van der Waals surface area contributed by atoms with Crippen molar-refractivity contribution in [1.29, 1.82) is 0 Å². The van der Waals surface area contributed by atoms with Gasteiger partial charge in [-0.15, -0.1) is 0 Å². The fourth-order valence-corrected chi connectivity index (χ4v) is 6.78. The summed E-state index contributed by atoms with van der Waals surface area (Å²) < 4.78 is 0. The molecule has 2 saturated carbocycles. The lowest BCUT2D eigenvalue weighted by Crippen LogP contribution is -2.49. The smallest absolute Gasteiger partial charge is 0.0416 e. The minimum absolute atomic E-state index is 0.484. The standard InChI is InChI=1S/C25H32N2/c1-25-15-13-21-20-8-3-2-6-18(20)9-10-22(21)23(25)11-12-24(25)27-17-14-19-7-4-5-16-26-19/h2-8,16,21-24,27H,9-15,17H2,1H3/t21-,22-,23+,24+,25+/m1/s1. The first-order valence-electron chi connectivity index (χ1n) is 11.0. The lowest BCUT2D eigenvalue weighted by atomic mass is 9.55. The molecule has 142 valence electrons. The van der Waals surface area contributed by atoms with E-state index >= 15 is 0 Å². The SMILES string of the molecule is C[C@]12CC[C@@H]3c4ccccc4CC[C@H]3[C@@H]1CC[C@@H]2NCCc1ccccn1. The average molecular weight is 361 g/mol. The highest BCUT2D eigenvalue weighted by Gasteiger charge is 2.54. The summed E-state index contributed by atoms with van der Waals surface area (Å²) in [5, 5.41) is 3.94. The molecule has 1 aromatic carbocycles. The number of rotatable bonds is 4. The molecule has 0 aliphatic heterocycles. The second-order valence-electron chi connectivity index (χ2n) is 9.31. The summed E-state index contributed by atoms with van der Waals surface area (Å²) >= 11 is 0. The van der Waals surface area contributed by atoms with Crippen LogP contribution < -0.4 is 5.32 Å². The predicted molar refractivity (Wildman–Crippen MR) is 111 cm³/mol. The molecule has 1 N–H and O–H groups in total. The highest BCUT2D eigenvalue weighted by molar-refractivity contribution is 5.35. The van der Waals surface area contributed by atoms with E-state index in [4.69, 9.17) is 0 Å².